The summed E-state index contributed by atoms with van der Waals surface area (Å²) in [6.07, 6.45) is 0.313. The van der Waals surface area contributed by atoms with E-state index in [9.17, 15) is 23.2 Å². The lowest BCUT2D eigenvalue weighted by atomic mass is 10.1. The first-order chi connectivity index (χ1) is 13.7. The molecule has 0 aliphatic carbocycles. The average Bonchev–Trinajstić information content (AvgIpc) is 2.63. The Balaban J connectivity index is 2.62. The van der Waals surface area contributed by atoms with Crippen LogP contribution in [-0.2, 0) is 11.3 Å². The molecule has 10 heteroatoms. The maximum absolute atomic E-state index is 14.2. The molecule has 0 aliphatic heterocycles. The molecule has 2 rings (SSSR count). The van der Waals surface area contributed by atoms with E-state index in [1.54, 1.807) is 0 Å². The Kier molecular flexibility index (Phi) is 7.27. The van der Waals surface area contributed by atoms with Gasteiger partial charge in [-0.25, -0.2) is 13.6 Å². The number of anilines is 2. The summed E-state index contributed by atoms with van der Waals surface area (Å²) in [5.74, 6) is -2.97. The number of nitrogens with zero attached hydrogens (tertiary/aromatic N) is 2. The Morgan fingerprint density at radius 1 is 1.31 bits per heavy atom. The average molecular weight is 410 g/mol. The van der Waals surface area contributed by atoms with Gasteiger partial charge in [-0.15, -0.1) is 0 Å². The van der Waals surface area contributed by atoms with Crippen molar-refractivity contribution >= 4 is 17.4 Å². The van der Waals surface area contributed by atoms with Crippen molar-refractivity contribution in [3.05, 3.63) is 56.2 Å². The Hall–Kier alpha value is -3.01. The van der Waals surface area contributed by atoms with E-state index in [1.165, 1.54) is 7.11 Å². The number of aromatic amines is 1. The molecule has 158 valence electrons. The highest BCUT2D eigenvalue weighted by Gasteiger charge is 2.27. The summed E-state index contributed by atoms with van der Waals surface area (Å²) in [6, 6.07) is 2.51. The molecule has 1 aromatic heterocycles. The molecule has 0 fully saturated rings. The van der Waals surface area contributed by atoms with Crippen LogP contribution in [0.2, 0.25) is 0 Å². The normalized spacial score (nSPS) is 11.1. The van der Waals surface area contributed by atoms with E-state index in [2.05, 4.69) is 4.98 Å². The third-order valence-electron chi connectivity index (χ3n) is 4.17. The van der Waals surface area contributed by atoms with Gasteiger partial charge in [-0.1, -0.05) is 13.8 Å². The highest BCUT2D eigenvalue weighted by Crippen LogP contribution is 2.22. The first-order valence-electron chi connectivity index (χ1n) is 9.05. The first-order valence-corrected chi connectivity index (χ1v) is 9.05. The molecule has 29 heavy (non-hydrogen) atoms. The van der Waals surface area contributed by atoms with Crippen molar-refractivity contribution in [2.45, 2.75) is 26.8 Å². The molecule has 0 saturated carbocycles. The van der Waals surface area contributed by atoms with Crippen LogP contribution in [0.25, 0.3) is 0 Å². The van der Waals surface area contributed by atoms with Gasteiger partial charge in [-0.2, -0.15) is 0 Å². The quantitative estimate of drug-likeness (QED) is 0.644. The second-order valence-corrected chi connectivity index (χ2v) is 6.92. The minimum atomic E-state index is -1.07. The van der Waals surface area contributed by atoms with Crippen molar-refractivity contribution in [1.29, 1.82) is 0 Å². The fraction of sp³-hybridized carbons (Fsp3) is 0.421. The van der Waals surface area contributed by atoms with Gasteiger partial charge in [0.25, 0.3) is 11.5 Å². The van der Waals surface area contributed by atoms with Crippen molar-refractivity contribution in [3.63, 3.8) is 0 Å². The van der Waals surface area contributed by atoms with Crippen LogP contribution in [0.5, 0.6) is 0 Å². The number of nitrogens with two attached hydrogens (primary N) is 1. The number of aromatic nitrogens is 2. The van der Waals surface area contributed by atoms with E-state index in [-0.39, 0.29) is 37.1 Å². The third kappa shape index (κ3) is 5.08. The van der Waals surface area contributed by atoms with Crippen LogP contribution in [0, 0.1) is 17.6 Å². The van der Waals surface area contributed by atoms with Crippen molar-refractivity contribution < 1.29 is 18.3 Å². The summed E-state index contributed by atoms with van der Waals surface area (Å²) in [5, 5.41) is 0. The lowest BCUT2D eigenvalue weighted by Gasteiger charge is -2.25. The largest absolute Gasteiger partial charge is 0.385 e. The molecule has 1 amide bonds. The van der Waals surface area contributed by atoms with Crippen molar-refractivity contribution in [2.75, 3.05) is 30.9 Å². The number of H-pyrrole nitrogens is 1. The predicted octanol–water partition coefficient (Wildman–Crippen LogP) is 1.74. The van der Waals surface area contributed by atoms with Crippen LogP contribution in [-0.4, -0.2) is 35.7 Å². The molecule has 8 nitrogen and oxygen atoms in total. The number of carbonyl (C=O) groups excluding carboxylic acids is 1. The Bertz CT molecular complexity index is 1000. The van der Waals surface area contributed by atoms with Crippen LogP contribution in [0.4, 0.5) is 20.3 Å². The van der Waals surface area contributed by atoms with Crippen molar-refractivity contribution in [2.24, 2.45) is 5.92 Å². The molecule has 0 radical (unpaired) electrons. The fourth-order valence-electron chi connectivity index (χ4n) is 2.87. The predicted molar refractivity (Wildman–Crippen MR) is 105 cm³/mol. The van der Waals surface area contributed by atoms with Gasteiger partial charge >= 0.3 is 5.69 Å². The van der Waals surface area contributed by atoms with Crippen LogP contribution in [0.3, 0.4) is 0 Å². The maximum Gasteiger partial charge on any atom is 0.330 e. The van der Waals surface area contributed by atoms with Crippen LogP contribution < -0.4 is 21.9 Å². The van der Waals surface area contributed by atoms with Gasteiger partial charge in [0.1, 0.15) is 17.5 Å². The van der Waals surface area contributed by atoms with E-state index >= 15 is 0 Å². The number of benzene rings is 1. The maximum atomic E-state index is 14.2. The monoisotopic (exact) mass is 410 g/mol. The van der Waals surface area contributed by atoms with E-state index in [1.807, 2.05) is 13.8 Å². The molecule has 0 unspecified atom stereocenters. The van der Waals surface area contributed by atoms with E-state index in [0.717, 1.165) is 21.6 Å². The summed E-state index contributed by atoms with van der Waals surface area (Å²) in [7, 11) is 1.47. The lowest BCUT2D eigenvalue weighted by Crippen LogP contribution is -2.42. The number of nitrogens with one attached hydrogen (secondary N) is 1. The van der Waals surface area contributed by atoms with Gasteiger partial charge < -0.3 is 15.4 Å². The Labute approximate surface area is 165 Å². The van der Waals surface area contributed by atoms with Crippen LogP contribution >= 0.6 is 0 Å². The first kappa shape index (κ1) is 22.3. The fourth-order valence-corrected chi connectivity index (χ4v) is 2.87. The van der Waals surface area contributed by atoms with Gasteiger partial charge in [0.05, 0.1) is 5.56 Å². The molecule has 0 bridgehead atoms. The lowest BCUT2D eigenvalue weighted by molar-refractivity contribution is 0.0979. The number of amides is 1. The van der Waals surface area contributed by atoms with Crippen LogP contribution in [0.15, 0.2) is 27.8 Å². The molecule has 0 spiro atoms. The minimum Gasteiger partial charge on any atom is -0.385 e. The second-order valence-electron chi connectivity index (χ2n) is 6.92. The van der Waals surface area contributed by atoms with Gasteiger partial charge in [-0.05, 0) is 24.5 Å². The number of nitrogen functional groups attached to an aromatic ring is 1. The Morgan fingerprint density at radius 2 is 2.00 bits per heavy atom. The number of hydrogen-bond donors (Lipinski definition) is 2. The Morgan fingerprint density at radius 3 is 2.59 bits per heavy atom. The summed E-state index contributed by atoms with van der Waals surface area (Å²) < 4.78 is 33.6. The number of carbonyl (C=O) groups is 1. The summed E-state index contributed by atoms with van der Waals surface area (Å²) >= 11 is 0. The van der Waals surface area contributed by atoms with Gasteiger partial charge in [0, 0.05) is 32.9 Å². The molecular weight excluding hydrogens is 386 g/mol. The molecule has 1 heterocycles. The third-order valence-corrected chi connectivity index (χ3v) is 4.17. The number of halogens is 2. The van der Waals surface area contributed by atoms with Crippen molar-refractivity contribution in [1.82, 2.24) is 9.55 Å². The van der Waals surface area contributed by atoms with E-state index in [0.29, 0.717) is 12.5 Å². The molecule has 0 aliphatic rings. The SMILES string of the molecule is COCCCN(C(=O)c1ccc(F)cc1F)c1c(N)n(CC(C)C)c(=O)[nH]c1=O. The molecule has 2 aromatic rings. The zero-order chi connectivity index (χ0) is 21.7. The topological polar surface area (TPSA) is 110 Å². The van der Waals surface area contributed by atoms with Gasteiger partial charge in [-0.3, -0.25) is 19.1 Å². The second kappa shape index (κ2) is 9.46. The molecule has 1 aromatic carbocycles. The summed E-state index contributed by atoms with van der Waals surface area (Å²) in [4.78, 5) is 40.8. The molecule has 3 N–H and O–H groups in total. The van der Waals surface area contributed by atoms with Gasteiger partial charge in [0.15, 0.2) is 5.69 Å². The minimum absolute atomic E-state index is 0.0286. The van der Waals surface area contributed by atoms with Crippen molar-refractivity contribution in [3.8, 4) is 0 Å². The smallest absolute Gasteiger partial charge is 0.330 e. The number of rotatable bonds is 8. The van der Waals surface area contributed by atoms with Crippen LogP contribution in [0.1, 0.15) is 30.6 Å². The molecule has 0 saturated heterocycles. The summed E-state index contributed by atoms with van der Waals surface area (Å²) in [6.45, 7) is 4.15. The number of hydrogen-bond acceptors (Lipinski definition) is 5. The van der Waals surface area contributed by atoms with E-state index in [4.69, 9.17) is 10.5 Å². The number of ether oxygens (including phenoxy) is 1. The molecular formula is C19H24F2N4O4. The van der Waals surface area contributed by atoms with E-state index < -0.39 is 34.4 Å². The standard InChI is InChI=1S/C19H24F2N4O4/c1-11(2)10-25-16(22)15(17(26)23-19(25)28)24(7-4-8-29-3)18(27)13-6-5-12(20)9-14(13)21/h5-6,9,11H,4,7-8,10,22H2,1-3H3,(H,23,26,28). The van der Waals surface area contributed by atoms with Gasteiger partial charge in [0.2, 0.25) is 0 Å². The highest BCUT2D eigenvalue weighted by molar-refractivity contribution is 6.07. The highest BCUT2D eigenvalue weighted by atomic mass is 19.1. The zero-order valence-corrected chi connectivity index (χ0v) is 16.5. The zero-order valence-electron chi connectivity index (χ0n) is 16.5. The summed E-state index contributed by atoms with van der Waals surface area (Å²) in [5.41, 5.74) is 3.80. The number of methoxy groups -OCH3 is 1. The molecule has 0 atom stereocenters.